The molecule has 102 valence electrons. The number of carbonyl (C=O) groups is 2. The molecular formula is C12H22N4O2. The van der Waals surface area contributed by atoms with Gasteiger partial charge in [-0.2, -0.15) is 0 Å². The van der Waals surface area contributed by atoms with E-state index in [-0.39, 0.29) is 18.1 Å². The summed E-state index contributed by atoms with van der Waals surface area (Å²) in [5.74, 6) is 0. The first-order valence-electron chi connectivity index (χ1n) is 6.73. The molecule has 2 heterocycles. The average Bonchev–Trinajstić information content (AvgIpc) is 3.05. The van der Waals surface area contributed by atoms with Crippen molar-refractivity contribution in [2.75, 3.05) is 33.2 Å². The van der Waals surface area contributed by atoms with E-state index in [1.165, 1.54) is 0 Å². The molecule has 6 heteroatoms. The molecular weight excluding hydrogens is 232 g/mol. The molecule has 0 aromatic carbocycles. The number of nitrogens with zero attached hydrogens (tertiary/aromatic N) is 2. The first kappa shape index (κ1) is 13.0. The molecule has 0 aromatic heterocycles. The van der Waals surface area contributed by atoms with Gasteiger partial charge in [0.15, 0.2) is 0 Å². The molecule has 0 bridgehead atoms. The number of amides is 4. The second-order valence-corrected chi connectivity index (χ2v) is 4.93. The van der Waals surface area contributed by atoms with Gasteiger partial charge < -0.3 is 20.4 Å². The monoisotopic (exact) mass is 254 g/mol. The van der Waals surface area contributed by atoms with Crippen LogP contribution in [0, 0.1) is 0 Å². The zero-order chi connectivity index (χ0) is 13.0. The third-order valence-electron chi connectivity index (χ3n) is 3.72. The summed E-state index contributed by atoms with van der Waals surface area (Å²) in [7, 11) is 1.59. The number of hydrogen-bond donors (Lipinski definition) is 2. The Labute approximate surface area is 108 Å². The van der Waals surface area contributed by atoms with Gasteiger partial charge in [0, 0.05) is 33.2 Å². The number of carbonyl (C=O) groups excluding carboxylic acids is 2. The van der Waals surface area contributed by atoms with Gasteiger partial charge in [-0.05, 0) is 25.7 Å². The Morgan fingerprint density at radius 3 is 2.56 bits per heavy atom. The molecule has 0 aliphatic carbocycles. The van der Waals surface area contributed by atoms with E-state index in [1.54, 1.807) is 7.05 Å². The lowest BCUT2D eigenvalue weighted by Crippen LogP contribution is -2.49. The highest BCUT2D eigenvalue weighted by Gasteiger charge is 2.32. The van der Waals surface area contributed by atoms with Gasteiger partial charge in [-0.3, -0.25) is 0 Å². The molecule has 0 spiro atoms. The fourth-order valence-electron chi connectivity index (χ4n) is 2.69. The van der Waals surface area contributed by atoms with Gasteiger partial charge >= 0.3 is 12.1 Å². The Morgan fingerprint density at radius 1 is 1.17 bits per heavy atom. The van der Waals surface area contributed by atoms with Gasteiger partial charge in [-0.1, -0.05) is 0 Å². The zero-order valence-corrected chi connectivity index (χ0v) is 10.9. The highest BCUT2D eigenvalue weighted by Crippen LogP contribution is 2.20. The summed E-state index contributed by atoms with van der Waals surface area (Å²) in [6.07, 6.45) is 4.23. The van der Waals surface area contributed by atoms with Crippen molar-refractivity contribution >= 4 is 12.1 Å². The summed E-state index contributed by atoms with van der Waals surface area (Å²) in [5.41, 5.74) is 0. The third-order valence-corrected chi connectivity index (χ3v) is 3.72. The summed E-state index contributed by atoms with van der Waals surface area (Å²) in [6.45, 7) is 3.12. The zero-order valence-electron chi connectivity index (χ0n) is 10.9. The lowest BCUT2D eigenvalue weighted by atomic mass is 10.2. The van der Waals surface area contributed by atoms with Crippen LogP contribution in [0.4, 0.5) is 9.59 Å². The van der Waals surface area contributed by atoms with Gasteiger partial charge in [-0.15, -0.1) is 0 Å². The first-order chi connectivity index (χ1) is 8.72. The Balaban J connectivity index is 1.86. The molecule has 0 aromatic rings. The van der Waals surface area contributed by atoms with Crippen LogP contribution < -0.4 is 10.6 Å². The number of hydrogen-bond acceptors (Lipinski definition) is 2. The molecule has 2 aliphatic rings. The van der Waals surface area contributed by atoms with E-state index < -0.39 is 0 Å². The molecule has 0 unspecified atom stereocenters. The van der Waals surface area contributed by atoms with E-state index in [0.29, 0.717) is 6.54 Å². The Bertz CT molecular complexity index is 315. The normalized spacial score (nSPS) is 23.3. The molecule has 0 radical (unpaired) electrons. The molecule has 1 atom stereocenters. The van der Waals surface area contributed by atoms with Crippen molar-refractivity contribution in [3.63, 3.8) is 0 Å². The van der Waals surface area contributed by atoms with Crippen molar-refractivity contribution in [2.24, 2.45) is 0 Å². The minimum atomic E-state index is -0.185. The summed E-state index contributed by atoms with van der Waals surface area (Å²) >= 11 is 0. The van der Waals surface area contributed by atoms with Gasteiger partial charge in [0.25, 0.3) is 0 Å². The van der Waals surface area contributed by atoms with Crippen molar-refractivity contribution in [1.29, 1.82) is 0 Å². The molecule has 2 aliphatic heterocycles. The first-order valence-corrected chi connectivity index (χ1v) is 6.73. The largest absolute Gasteiger partial charge is 0.341 e. The fourth-order valence-corrected chi connectivity index (χ4v) is 2.69. The summed E-state index contributed by atoms with van der Waals surface area (Å²) in [6, 6.07) is 0.111. The predicted octanol–water partition coefficient (Wildman–Crippen LogP) is 0.596. The molecule has 6 nitrogen and oxygen atoms in total. The van der Waals surface area contributed by atoms with Crippen molar-refractivity contribution in [2.45, 2.75) is 31.7 Å². The van der Waals surface area contributed by atoms with Crippen molar-refractivity contribution in [3.8, 4) is 0 Å². The third kappa shape index (κ3) is 2.86. The fraction of sp³-hybridized carbons (Fsp3) is 0.833. The van der Waals surface area contributed by atoms with Crippen LogP contribution in [-0.4, -0.2) is 61.1 Å². The van der Waals surface area contributed by atoms with E-state index in [9.17, 15) is 9.59 Å². The Morgan fingerprint density at radius 2 is 1.89 bits per heavy atom. The van der Waals surface area contributed by atoms with Crippen molar-refractivity contribution in [3.05, 3.63) is 0 Å². The van der Waals surface area contributed by atoms with Gasteiger partial charge in [-0.25, -0.2) is 9.59 Å². The maximum absolute atomic E-state index is 12.3. The van der Waals surface area contributed by atoms with Gasteiger partial charge in [0.05, 0.1) is 6.04 Å². The number of nitrogens with one attached hydrogen (secondary N) is 2. The van der Waals surface area contributed by atoms with Crippen LogP contribution in [0.15, 0.2) is 0 Å². The Kier molecular flexibility index (Phi) is 4.28. The molecule has 2 rings (SSSR count). The van der Waals surface area contributed by atoms with Crippen molar-refractivity contribution in [1.82, 2.24) is 20.4 Å². The molecule has 2 fully saturated rings. The summed E-state index contributed by atoms with van der Waals surface area (Å²) in [5, 5.41) is 5.31. The lowest BCUT2D eigenvalue weighted by Gasteiger charge is -2.29. The van der Waals surface area contributed by atoms with Crippen LogP contribution in [0.25, 0.3) is 0 Å². The maximum Gasteiger partial charge on any atom is 0.320 e. The smallest absolute Gasteiger partial charge is 0.320 e. The topological polar surface area (TPSA) is 64.7 Å². The van der Waals surface area contributed by atoms with Crippen LogP contribution in [0.5, 0.6) is 0 Å². The Hall–Kier alpha value is -1.46. The number of urea groups is 2. The summed E-state index contributed by atoms with van der Waals surface area (Å²) < 4.78 is 0. The van der Waals surface area contributed by atoms with Crippen LogP contribution in [0.3, 0.4) is 0 Å². The second kappa shape index (κ2) is 5.93. The molecule has 2 N–H and O–H groups in total. The average molecular weight is 254 g/mol. The van der Waals surface area contributed by atoms with Crippen LogP contribution >= 0.6 is 0 Å². The second-order valence-electron chi connectivity index (χ2n) is 4.93. The summed E-state index contributed by atoms with van der Waals surface area (Å²) in [4.78, 5) is 27.3. The number of rotatable bonds is 2. The highest BCUT2D eigenvalue weighted by molar-refractivity contribution is 5.76. The quantitative estimate of drug-likeness (QED) is 0.757. The van der Waals surface area contributed by atoms with Gasteiger partial charge in [0.1, 0.15) is 0 Å². The van der Waals surface area contributed by atoms with E-state index in [0.717, 1.165) is 45.3 Å². The highest BCUT2D eigenvalue weighted by atomic mass is 16.2. The van der Waals surface area contributed by atoms with E-state index >= 15 is 0 Å². The lowest BCUT2D eigenvalue weighted by molar-refractivity contribution is 0.156. The van der Waals surface area contributed by atoms with E-state index in [4.69, 9.17) is 0 Å². The molecule has 4 amide bonds. The van der Waals surface area contributed by atoms with Crippen molar-refractivity contribution < 1.29 is 9.59 Å². The van der Waals surface area contributed by atoms with Crippen LogP contribution in [0.1, 0.15) is 25.7 Å². The minimum Gasteiger partial charge on any atom is -0.341 e. The van der Waals surface area contributed by atoms with Gasteiger partial charge in [0.2, 0.25) is 0 Å². The van der Waals surface area contributed by atoms with E-state index in [1.807, 2.05) is 9.80 Å². The van der Waals surface area contributed by atoms with Crippen LogP contribution in [0.2, 0.25) is 0 Å². The molecule has 18 heavy (non-hydrogen) atoms. The number of likely N-dealkylation sites (tertiary alicyclic amines) is 2. The maximum atomic E-state index is 12.3. The van der Waals surface area contributed by atoms with E-state index in [2.05, 4.69) is 10.6 Å². The molecule has 2 saturated heterocycles. The standard InChI is InChI=1S/C12H22N4O2/c1-13-11(17)14-9-10-5-4-8-16(10)12(18)15-6-2-3-7-15/h10H,2-9H2,1H3,(H2,13,14,17)/t10-/m1/s1. The minimum absolute atomic E-state index is 0.147. The predicted molar refractivity (Wildman–Crippen MR) is 68.4 cm³/mol. The SMILES string of the molecule is CNC(=O)NC[C@H]1CCCN1C(=O)N1CCCC1. The molecule has 0 saturated carbocycles. The van der Waals surface area contributed by atoms with Crippen LogP contribution in [-0.2, 0) is 0 Å².